The van der Waals surface area contributed by atoms with E-state index in [-0.39, 0.29) is 25.2 Å². The first-order valence-electron chi connectivity index (χ1n) is 6.18. The van der Waals surface area contributed by atoms with Crippen molar-refractivity contribution < 1.29 is 18.0 Å². The van der Waals surface area contributed by atoms with E-state index < -0.39 is 18.5 Å². The third-order valence-corrected chi connectivity index (χ3v) is 2.39. The molecule has 108 valence electrons. The highest BCUT2D eigenvalue weighted by atomic mass is 19.4. The zero-order valence-electron chi connectivity index (χ0n) is 10.7. The summed E-state index contributed by atoms with van der Waals surface area (Å²) in [5, 5.41) is 8.87. The lowest BCUT2D eigenvalue weighted by atomic mass is 10.2. The maximum atomic E-state index is 11.9. The molecule has 0 unspecified atom stereocenters. The fourth-order valence-electron chi connectivity index (χ4n) is 1.48. The highest BCUT2D eigenvalue weighted by Crippen LogP contribution is 2.21. The van der Waals surface area contributed by atoms with Gasteiger partial charge in [0.25, 0.3) is 5.91 Å². The Hall–Kier alpha value is -1.60. The second kappa shape index (κ2) is 7.10. The van der Waals surface area contributed by atoms with Crippen molar-refractivity contribution in [2.45, 2.75) is 45.2 Å². The fraction of sp³-hybridized carbons (Fsp3) is 0.727. The molecule has 8 heteroatoms. The smallest absolute Gasteiger partial charge is 0.349 e. The van der Waals surface area contributed by atoms with E-state index >= 15 is 0 Å². The molecule has 1 rings (SSSR count). The number of carbonyl (C=O) groups excluding carboxylic acids is 1. The SMILES string of the molecule is CCCc1nc(C(=O)NCCCCC(F)(F)F)n[nH]1. The predicted molar refractivity (Wildman–Crippen MR) is 62.6 cm³/mol. The van der Waals surface area contributed by atoms with Crippen LogP contribution in [0.4, 0.5) is 13.2 Å². The van der Waals surface area contributed by atoms with Crippen molar-refractivity contribution >= 4 is 5.91 Å². The van der Waals surface area contributed by atoms with Gasteiger partial charge in [-0.2, -0.15) is 13.2 Å². The molecule has 0 aliphatic rings. The van der Waals surface area contributed by atoms with Crippen LogP contribution in [0.1, 0.15) is 49.1 Å². The van der Waals surface area contributed by atoms with Gasteiger partial charge in [-0.1, -0.05) is 6.92 Å². The number of aromatic nitrogens is 3. The van der Waals surface area contributed by atoms with Crippen LogP contribution in [0.5, 0.6) is 0 Å². The van der Waals surface area contributed by atoms with E-state index in [0.717, 1.165) is 6.42 Å². The van der Waals surface area contributed by atoms with Crippen molar-refractivity contribution in [3.63, 3.8) is 0 Å². The molecule has 0 spiro atoms. The molecule has 0 saturated carbocycles. The summed E-state index contributed by atoms with van der Waals surface area (Å²) in [6, 6.07) is 0. The molecular formula is C11H17F3N4O. The standard InChI is InChI=1S/C11H17F3N4O/c1-2-5-8-16-9(18-17-8)10(19)15-7-4-3-6-11(12,13)14/h2-7H2,1H3,(H,15,19)(H,16,17,18). The van der Waals surface area contributed by atoms with Crippen LogP contribution < -0.4 is 5.32 Å². The highest BCUT2D eigenvalue weighted by Gasteiger charge is 2.25. The first-order chi connectivity index (χ1) is 8.92. The Morgan fingerprint density at radius 2 is 2.11 bits per heavy atom. The van der Waals surface area contributed by atoms with E-state index in [2.05, 4.69) is 20.5 Å². The molecule has 1 aromatic rings. The van der Waals surface area contributed by atoms with E-state index in [1.807, 2.05) is 6.92 Å². The van der Waals surface area contributed by atoms with Gasteiger partial charge in [-0.05, 0) is 19.3 Å². The first-order valence-corrected chi connectivity index (χ1v) is 6.18. The lowest BCUT2D eigenvalue weighted by Gasteiger charge is -2.05. The van der Waals surface area contributed by atoms with Gasteiger partial charge in [-0.3, -0.25) is 9.89 Å². The van der Waals surface area contributed by atoms with Gasteiger partial charge in [0, 0.05) is 19.4 Å². The van der Waals surface area contributed by atoms with Crippen molar-refractivity contribution in [2.75, 3.05) is 6.54 Å². The summed E-state index contributed by atoms with van der Waals surface area (Å²) in [4.78, 5) is 15.5. The van der Waals surface area contributed by atoms with Gasteiger partial charge in [0.05, 0.1) is 0 Å². The number of hydrogen-bond donors (Lipinski definition) is 2. The van der Waals surface area contributed by atoms with Crippen molar-refractivity contribution in [1.29, 1.82) is 0 Å². The van der Waals surface area contributed by atoms with E-state index in [0.29, 0.717) is 12.2 Å². The molecule has 0 saturated heterocycles. The van der Waals surface area contributed by atoms with Gasteiger partial charge in [0.2, 0.25) is 5.82 Å². The van der Waals surface area contributed by atoms with Crippen LogP contribution in [-0.4, -0.2) is 33.8 Å². The second-order valence-corrected chi connectivity index (χ2v) is 4.18. The van der Waals surface area contributed by atoms with Crippen molar-refractivity contribution in [3.8, 4) is 0 Å². The number of alkyl halides is 3. The number of rotatable bonds is 7. The molecule has 0 bridgehead atoms. The number of hydrogen-bond acceptors (Lipinski definition) is 3. The predicted octanol–water partition coefficient (Wildman–Crippen LogP) is 2.22. The van der Waals surface area contributed by atoms with Gasteiger partial charge < -0.3 is 5.32 Å². The Bertz CT molecular complexity index is 403. The normalized spacial score (nSPS) is 11.6. The summed E-state index contributed by atoms with van der Waals surface area (Å²) in [5.74, 6) is 0.189. The van der Waals surface area contributed by atoms with E-state index in [1.165, 1.54) is 0 Å². The summed E-state index contributed by atoms with van der Waals surface area (Å²) in [6.07, 6.45) is -3.11. The molecule has 19 heavy (non-hydrogen) atoms. The summed E-state index contributed by atoms with van der Waals surface area (Å²) in [7, 11) is 0. The lowest BCUT2D eigenvalue weighted by molar-refractivity contribution is -0.135. The Balaban J connectivity index is 2.23. The number of nitrogens with zero attached hydrogens (tertiary/aromatic N) is 2. The summed E-state index contributed by atoms with van der Waals surface area (Å²) in [6.45, 7) is 2.16. The van der Waals surface area contributed by atoms with Crippen LogP contribution in [0.3, 0.4) is 0 Å². The average molecular weight is 278 g/mol. The quantitative estimate of drug-likeness (QED) is 0.751. The van der Waals surface area contributed by atoms with Crippen LogP contribution in [0, 0.1) is 0 Å². The van der Waals surface area contributed by atoms with E-state index in [4.69, 9.17) is 0 Å². The van der Waals surface area contributed by atoms with Crippen molar-refractivity contribution in [1.82, 2.24) is 20.5 Å². The van der Waals surface area contributed by atoms with Gasteiger partial charge in [0.15, 0.2) is 0 Å². The molecular weight excluding hydrogens is 261 g/mol. The molecule has 0 atom stereocenters. The Morgan fingerprint density at radius 3 is 2.74 bits per heavy atom. The summed E-state index contributed by atoms with van der Waals surface area (Å²) >= 11 is 0. The Morgan fingerprint density at radius 1 is 1.37 bits per heavy atom. The number of carbonyl (C=O) groups is 1. The van der Waals surface area contributed by atoms with Crippen molar-refractivity contribution in [2.24, 2.45) is 0 Å². The number of halogens is 3. The van der Waals surface area contributed by atoms with Crippen LogP contribution in [0.2, 0.25) is 0 Å². The minimum absolute atomic E-state index is 0.00113. The number of aromatic amines is 1. The summed E-state index contributed by atoms with van der Waals surface area (Å²) in [5.41, 5.74) is 0. The second-order valence-electron chi connectivity index (χ2n) is 4.18. The number of unbranched alkanes of at least 4 members (excludes halogenated alkanes) is 1. The zero-order valence-corrected chi connectivity index (χ0v) is 10.7. The Labute approximate surface area is 109 Å². The minimum Gasteiger partial charge on any atom is -0.349 e. The highest BCUT2D eigenvalue weighted by molar-refractivity contribution is 5.90. The number of aryl methyl sites for hydroxylation is 1. The third-order valence-electron chi connectivity index (χ3n) is 2.39. The maximum absolute atomic E-state index is 11.9. The van der Waals surface area contributed by atoms with Crippen LogP contribution in [0.15, 0.2) is 0 Å². The number of amides is 1. The van der Waals surface area contributed by atoms with Crippen molar-refractivity contribution in [3.05, 3.63) is 11.6 Å². The maximum Gasteiger partial charge on any atom is 0.389 e. The lowest BCUT2D eigenvalue weighted by Crippen LogP contribution is -2.25. The number of H-pyrrole nitrogens is 1. The third kappa shape index (κ3) is 6.21. The summed E-state index contributed by atoms with van der Waals surface area (Å²) < 4.78 is 35.6. The topological polar surface area (TPSA) is 70.7 Å². The van der Waals surface area contributed by atoms with Gasteiger partial charge in [-0.25, -0.2) is 4.98 Å². The van der Waals surface area contributed by atoms with E-state index in [1.54, 1.807) is 0 Å². The minimum atomic E-state index is -4.14. The average Bonchev–Trinajstić information content (AvgIpc) is 2.76. The molecule has 1 heterocycles. The van der Waals surface area contributed by atoms with Crippen LogP contribution in [-0.2, 0) is 6.42 Å². The molecule has 1 aromatic heterocycles. The molecule has 0 aromatic carbocycles. The molecule has 0 fully saturated rings. The van der Waals surface area contributed by atoms with Gasteiger partial charge in [0.1, 0.15) is 5.82 Å². The monoisotopic (exact) mass is 278 g/mol. The van der Waals surface area contributed by atoms with Gasteiger partial charge in [-0.15, -0.1) is 5.10 Å². The van der Waals surface area contributed by atoms with Gasteiger partial charge >= 0.3 is 6.18 Å². The first kappa shape index (κ1) is 15.5. The molecule has 0 aliphatic heterocycles. The Kier molecular flexibility index (Phi) is 5.78. The van der Waals surface area contributed by atoms with Crippen LogP contribution >= 0.6 is 0 Å². The zero-order chi connectivity index (χ0) is 14.3. The van der Waals surface area contributed by atoms with E-state index in [9.17, 15) is 18.0 Å². The van der Waals surface area contributed by atoms with Crippen LogP contribution in [0.25, 0.3) is 0 Å². The molecule has 0 aliphatic carbocycles. The largest absolute Gasteiger partial charge is 0.389 e. The molecule has 0 radical (unpaired) electrons. The molecule has 5 nitrogen and oxygen atoms in total. The fourth-order valence-corrected chi connectivity index (χ4v) is 1.48. The number of nitrogens with one attached hydrogen (secondary N) is 2. The molecule has 1 amide bonds. The molecule has 2 N–H and O–H groups in total.